The maximum absolute atomic E-state index is 5.85. The van der Waals surface area contributed by atoms with Gasteiger partial charge >= 0.3 is 0 Å². The molecule has 0 aliphatic carbocycles. The van der Waals surface area contributed by atoms with Crippen LogP contribution in [0.5, 0.6) is 0 Å². The number of rotatable bonds is 5. The molecular weight excluding hydrogens is 168 g/mol. The van der Waals surface area contributed by atoms with Gasteiger partial charge in [-0.2, -0.15) is 0 Å². The molecule has 0 aliphatic rings. The second-order valence-electron chi connectivity index (χ2n) is 2.80. The summed E-state index contributed by atoms with van der Waals surface area (Å²) in [6.45, 7) is 7.70. The molecule has 68 valence electrons. The first-order valence-corrected chi connectivity index (χ1v) is 4.72. The lowest BCUT2D eigenvalue weighted by Crippen LogP contribution is -1.91. The zero-order chi connectivity index (χ0) is 9.40. The van der Waals surface area contributed by atoms with Gasteiger partial charge in [0.15, 0.2) is 0 Å². The highest BCUT2D eigenvalue weighted by Crippen LogP contribution is 2.12. The van der Waals surface area contributed by atoms with Crippen molar-refractivity contribution < 1.29 is 0 Å². The Labute approximate surface area is 80.6 Å². The quantitative estimate of drug-likeness (QED) is 0.446. The van der Waals surface area contributed by atoms with Crippen LogP contribution in [0.25, 0.3) is 0 Å². The van der Waals surface area contributed by atoms with Crippen LogP contribution in [0.2, 0.25) is 0 Å². The van der Waals surface area contributed by atoms with Crippen LogP contribution in [-0.2, 0) is 0 Å². The zero-order valence-electron chi connectivity index (χ0n) is 7.89. The van der Waals surface area contributed by atoms with Crippen LogP contribution in [0.3, 0.4) is 0 Å². The van der Waals surface area contributed by atoms with Gasteiger partial charge in [0.2, 0.25) is 0 Å². The van der Waals surface area contributed by atoms with E-state index in [0.717, 1.165) is 12.8 Å². The number of allylic oxidation sites excluding steroid dienone is 5. The van der Waals surface area contributed by atoms with Crippen molar-refractivity contribution >= 4 is 11.6 Å². The SMILES string of the molecule is C=C/C=C(\C=C/C)CC[C@H](C)Cl. The molecule has 0 amide bonds. The third-order valence-corrected chi connectivity index (χ3v) is 1.76. The summed E-state index contributed by atoms with van der Waals surface area (Å²) in [5, 5.41) is 0.253. The predicted molar refractivity (Wildman–Crippen MR) is 57.6 cm³/mol. The van der Waals surface area contributed by atoms with Gasteiger partial charge in [-0.1, -0.05) is 30.9 Å². The molecule has 0 N–H and O–H groups in total. The van der Waals surface area contributed by atoms with E-state index in [1.807, 2.05) is 32.1 Å². The average molecular weight is 185 g/mol. The van der Waals surface area contributed by atoms with Crippen LogP contribution in [0.4, 0.5) is 0 Å². The van der Waals surface area contributed by atoms with Crippen molar-refractivity contribution in [2.45, 2.75) is 32.1 Å². The lowest BCUT2D eigenvalue weighted by molar-refractivity contribution is 0.806. The largest absolute Gasteiger partial charge is 0.123 e. The van der Waals surface area contributed by atoms with E-state index in [-0.39, 0.29) is 5.38 Å². The molecule has 0 fully saturated rings. The summed E-state index contributed by atoms with van der Waals surface area (Å²) >= 11 is 5.85. The molecule has 0 aromatic rings. The molecule has 0 spiro atoms. The lowest BCUT2D eigenvalue weighted by Gasteiger charge is -2.02. The highest BCUT2D eigenvalue weighted by molar-refractivity contribution is 6.20. The molecule has 0 unspecified atom stereocenters. The summed E-state index contributed by atoms with van der Waals surface area (Å²) < 4.78 is 0. The van der Waals surface area contributed by atoms with Gasteiger partial charge in [-0.25, -0.2) is 0 Å². The van der Waals surface area contributed by atoms with E-state index in [1.165, 1.54) is 5.57 Å². The van der Waals surface area contributed by atoms with E-state index in [9.17, 15) is 0 Å². The fraction of sp³-hybridized carbons (Fsp3) is 0.455. The van der Waals surface area contributed by atoms with E-state index < -0.39 is 0 Å². The van der Waals surface area contributed by atoms with Gasteiger partial charge in [-0.05, 0) is 32.3 Å². The molecule has 0 rings (SSSR count). The van der Waals surface area contributed by atoms with Gasteiger partial charge in [0.25, 0.3) is 0 Å². The molecule has 0 saturated carbocycles. The second kappa shape index (κ2) is 7.17. The molecule has 0 nitrogen and oxygen atoms in total. The Kier molecular flexibility index (Phi) is 6.88. The van der Waals surface area contributed by atoms with E-state index in [4.69, 9.17) is 11.6 Å². The molecule has 0 heterocycles. The van der Waals surface area contributed by atoms with Crippen LogP contribution in [0.15, 0.2) is 36.5 Å². The second-order valence-corrected chi connectivity index (χ2v) is 3.54. The Hall–Kier alpha value is -0.490. The minimum atomic E-state index is 0.253. The maximum Gasteiger partial charge on any atom is 0.0311 e. The third-order valence-electron chi connectivity index (χ3n) is 1.54. The zero-order valence-corrected chi connectivity index (χ0v) is 8.64. The normalized spacial score (nSPS) is 15.1. The summed E-state index contributed by atoms with van der Waals surface area (Å²) in [6.07, 6.45) is 10.0. The summed E-state index contributed by atoms with van der Waals surface area (Å²) in [5.74, 6) is 0. The van der Waals surface area contributed by atoms with Gasteiger partial charge in [0, 0.05) is 5.38 Å². The Morgan fingerprint density at radius 3 is 2.67 bits per heavy atom. The minimum absolute atomic E-state index is 0.253. The Morgan fingerprint density at radius 2 is 2.25 bits per heavy atom. The first kappa shape index (κ1) is 11.5. The van der Waals surface area contributed by atoms with E-state index in [2.05, 4.69) is 12.7 Å². The summed E-state index contributed by atoms with van der Waals surface area (Å²) in [4.78, 5) is 0. The van der Waals surface area contributed by atoms with E-state index >= 15 is 0 Å². The van der Waals surface area contributed by atoms with Gasteiger partial charge in [-0.15, -0.1) is 11.6 Å². The third kappa shape index (κ3) is 6.23. The molecule has 0 aromatic carbocycles. The van der Waals surface area contributed by atoms with E-state index in [1.54, 1.807) is 0 Å². The predicted octanol–water partition coefficient (Wildman–Crippen LogP) is 4.08. The highest BCUT2D eigenvalue weighted by atomic mass is 35.5. The van der Waals surface area contributed by atoms with Crippen LogP contribution < -0.4 is 0 Å². The van der Waals surface area contributed by atoms with Crippen molar-refractivity contribution in [2.24, 2.45) is 0 Å². The first-order valence-electron chi connectivity index (χ1n) is 4.29. The molecule has 0 aliphatic heterocycles. The van der Waals surface area contributed by atoms with Crippen LogP contribution >= 0.6 is 11.6 Å². The number of hydrogen-bond acceptors (Lipinski definition) is 0. The molecule has 0 bridgehead atoms. The monoisotopic (exact) mass is 184 g/mol. The first-order chi connectivity index (χ1) is 5.70. The molecule has 0 aromatic heterocycles. The Bertz CT molecular complexity index is 175. The molecule has 1 atom stereocenters. The van der Waals surface area contributed by atoms with Crippen molar-refractivity contribution in [1.82, 2.24) is 0 Å². The molecule has 1 heteroatoms. The standard InChI is InChI=1S/C11H17Cl/c1-4-6-11(7-5-2)9-8-10(3)12/h4-7,10H,1,8-9H2,2-3H3/b7-5-,11-6+/t10-/m0/s1. The van der Waals surface area contributed by atoms with E-state index in [0.29, 0.717) is 0 Å². The minimum Gasteiger partial charge on any atom is -0.123 e. The number of halogens is 1. The smallest absolute Gasteiger partial charge is 0.0311 e. The van der Waals surface area contributed by atoms with Crippen LogP contribution in [0.1, 0.15) is 26.7 Å². The molecule has 12 heavy (non-hydrogen) atoms. The van der Waals surface area contributed by atoms with Gasteiger partial charge in [0.1, 0.15) is 0 Å². The summed E-state index contributed by atoms with van der Waals surface area (Å²) in [5.41, 5.74) is 1.29. The van der Waals surface area contributed by atoms with Crippen LogP contribution in [-0.4, -0.2) is 5.38 Å². The fourth-order valence-electron chi connectivity index (χ4n) is 0.953. The van der Waals surface area contributed by atoms with Crippen molar-refractivity contribution in [2.75, 3.05) is 0 Å². The summed E-state index contributed by atoms with van der Waals surface area (Å²) in [7, 11) is 0. The van der Waals surface area contributed by atoms with Crippen LogP contribution in [0, 0.1) is 0 Å². The van der Waals surface area contributed by atoms with Crippen molar-refractivity contribution in [1.29, 1.82) is 0 Å². The molecule has 0 saturated heterocycles. The topological polar surface area (TPSA) is 0 Å². The van der Waals surface area contributed by atoms with Crippen molar-refractivity contribution in [3.63, 3.8) is 0 Å². The lowest BCUT2D eigenvalue weighted by atomic mass is 10.1. The molecule has 0 radical (unpaired) electrons. The number of alkyl halides is 1. The molecular formula is C11H17Cl. The Morgan fingerprint density at radius 1 is 1.58 bits per heavy atom. The van der Waals surface area contributed by atoms with Gasteiger partial charge < -0.3 is 0 Å². The van der Waals surface area contributed by atoms with Crippen molar-refractivity contribution in [3.05, 3.63) is 36.5 Å². The Balaban J connectivity index is 3.96. The maximum atomic E-state index is 5.85. The fourth-order valence-corrected chi connectivity index (χ4v) is 1.06. The van der Waals surface area contributed by atoms with Gasteiger partial charge in [0.05, 0.1) is 0 Å². The summed E-state index contributed by atoms with van der Waals surface area (Å²) in [6, 6.07) is 0. The van der Waals surface area contributed by atoms with Crippen molar-refractivity contribution in [3.8, 4) is 0 Å². The highest BCUT2D eigenvalue weighted by Gasteiger charge is 1.97. The average Bonchev–Trinajstić information content (AvgIpc) is 2.01. The van der Waals surface area contributed by atoms with Gasteiger partial charge in [-0.3, -0.25) is 0 Å². The number of hydrogen-bond donors (Lipinski definition) is 0.